The molecule has 2 N–H and O–H groups in total. The van der Waals surface area contributed by atoms with Crippen molar-refractivity contribution in [3.05, 3.63) is 35.9 Å². The molecule has 1 aromatic rings. The molecule has 2 aliphatic heterocycles. The van der Waals surface area contributed by atoms with Crippen molar-refractivity contribution in [3.63, 3.8) is 0 Å². The van der Waals surface area contributed by atoms with Gasteiger partial charge in [-0.3, -0.25) is 14.4 Å². The van der Waals surface area contributed by atoms with E-state index < -0.39 is 36.5 Å². The Morgan fingerprint density at radius 1 is 1.21 bits per heavy atom. The van der Waals surface area contributed by atoms with Crippen LogP contribution in [0.3, 0.4) is 0 Å². The van der Waals surface area contributed by atoms with E-state index in [1.165, 1.54) is 9.96 Å². The van der Waals surface area contributed by atoms with Gasteiger partial charge in [-0.05, 0) is 18.4 Å². The maximum absolute atomic E-state index is 12.6. The van der Waals surface area contributed by atoms with E-state index in [1.54, 1.807) is 0 Å². The number of hydrogen-bond acceptors (Lipinski definition) is 5. The molecule has 2 fully saturated rings. The molecule has 2 saturated heterocycles. The second kappa shape index (κ2) is 7.76. The van der Waals surface area contributed by atoms with E-state index in [4.69, 9.17) is 10.7 Å². The number of nitrogens with zero attached hydrogens (tertiary/aromatic N) is 3. The van der Waals surface area contributed by atoms with E-state index in [2.05, 4.69) is 0 Å². The average Bonchev–Trinajstić information content (AvgIpc) is 2.89. The molecule has 1 aromatic carbocycles. The van der Waals surface area contributed by atoms with Crippen molar-refractivity contribution in [2.45, 2.75) is 44.1 Å². The first-order valence-corrected chi connectivity index (χ1v) is 8.62. The summed E-state index contributed by atoms with van der Waals surface area (Å²) in [6.45, 7) is 0.327. The minimum Gasteiger partial charge on any atom is -0.309 e. The van der Waals surface area contributed by atoms with E-state index in [0.717, 1.165) is 5.56 Å². The summed E-state index contributed by atoms with van der Waals surface area (Å²) in [4.78, 5) is 43.3. The van der Waals surface area contributed by atoms with Crippen LogP contribution in [0.2, 0.25) is 0 Å². The van der Waals surface area contributed by atoms with Crippen LogP contribution in [0.4, 0.5) is 18.0 Å². The number of imide groups is 1. The van der Waals surface area contributed by atoms with Gasteiger partial charge in [-0.2, -0.15) is 18.2 Å². The van der Waals surface area contributed by atoms with Crippen LogP contribution >= 0.6 is 0 Å². The number of urea groups is 1. The number of hydroxylamine groups is 2. The predicted octanol–water partition coefficient (Wildman–Crippen LogP) is 1.57. The van der Waals surface area contributed by atoms with Gasteiger partial charge < -0.3 is 4.90 Å². The highest BCUT2D eigenvalue weighted by molar-refractivity contribution is 5.99. The van der Waals surface area contributed by atoms with Gasteiger partial charge in [0.25, 0.3) is 11.8 Å². The van der Waals surface area contributed by atoms with Gasteiger partial charge in [0.05, 0.1) is 6.04 Å². The molecular weight excluding hydrogens is 381 g/mol. The summed E-state index contributed by atoms with van der Waals surface area (Å²) in [5, 5.41) is 1.14. The summed E-state index contributed by atoms with van der Waals surface area (Å²) in [5.74, 6) is 2.69. The van der Waals surface area contributed by atoms with Crippen LogP contribution in [0, 0.1) is 0 Å². The lowest BCUT2D eigenvalue weighted by molar-refractivity contribution is -0.166. The van der Waals surface area contributed by atoms with Crippen molar-refractivity contribution in [2.24, 2.45) is 5.84 Å². The molecule has 2 bridgehead atoms. The van der Waals surface area contributed by atoms with Crippen molar-refractivity contribution in [2.75, 3.05) is 6.54 Å². The van der Waals surface area contributed by atoms with Crippen molar-refractivity contribution >= 4 is 17.8 Å². The first-order chi connectivity index (χ1) is 13.2. The Balaban J connectivity index is 1.63. The molecule has 4 amide bonds. The molecule has 2 atom stereocenters. The minimum absolute atomic E-state index is 0.0424. The standard InChI is InChI=1S/C17H19F3N4O4/c18-17(19,20)8-14(25)23(21)15(26)13-7-6-12-9-22(13)16(27)24(12)28-10-11-4-2-1-3-5-11/h1-5,12-13H,6-10,21H2. The van der Waals surface area contributed by atoms with Gasteiger partial charge in [-0.15, -0.1) is 0 Å². The fourth-order valence-corrected chi connectivity index (χ4v) is 3.31. The lowest BCUT2D eigenvalue weighted by atomic mass is 10.00. The molecular formula is C17H19F3N4O4. The van der Waals surface area contributed by atoms with Crippen LogP contribution in [-0.2, 0) is 21.0 Å². The van der Waals surface area contributed by atoms with Crippen molar-refractivity contribution in [1.29, 1.82) is 0 Å². The van der Waals surface area contributed by atoms with E-state index in [0.29, 0.717) is 6.42 Å². The molecule has 0 aromatic heterocycles. The van der Waals surface area contributed by atoms with Gasteiger partial charge in [-0.1, -0.05) is 30.3 Å². The molecule has 0 spiro atoms. The van der Waals surface area contributed by atoms with Crippen LogP contribution in [0.15, 0.2) is 30.3 Å². The predicted molar refractivity (Wildman–Crippen MR) is 88.7 cm³/mol. The number of fused-ring (bicyclic) bond motifs is 2. The van der Waals surface area contributed by atoms with Crippen molar-refractivity contribution in [1.82, 2.24) is 15.0 Å². The summed E-state index contributed by atoms with van der Waals surface area (Å²) in [6.07, 6.45) is -6.05. The number of halogens is 3. The summed E-state index contributed by atoms with van der Waals surface area (Å²) >= 11 is 0. The third-order valence-corrected chi connectivity index (χ3v) is 4.68. The molecule has 152 valence electrons. The maximum atomic E-state index is 12.6. The van der Waals surface area contributed by atoms with E-state index in [-0.39, 0.29) is 30.6 Å². The molecule has 0 radical (unpaired) electrons. The number of amides is 4. The number of benzene rings is 1. The van der Waals surface area contributed by atoms with Gasteiger partial charge in [-0.25, -0.2) is 15.6 Å². The molecule has 0 saturated carbocycles. The molecule has 8 nitrogen and oxygen atoms in total. The Kier molecular flexibility index (Phi) is 5.57. The quantitative estimate of drug-likeness (QED) is 0.460. The number of nitrogens with two attached hydrogens (primary N) is 1. The number of hydrazine groups is 1. The Hall–Kier alpha value is -2.66. The van der Waals surface area contributed by atoms with Crippen LogP contribution in [-0.4, -0.2) is 57.6 Å². The monoisotopic (exact) mass is 400 g/mol. The number of carbonyl (C=O) groups excluding carboxylic acids is 3. The van der Waals surface area contributed by atoms with Crippen LogP contribution < -0.4 is 5.84 Å². The first-order valence-electron chi connectivity index (χ1n) is 8.62. The fourth-order valence-electron chi connectivity index (χ4n) is 3.31. The normalized spacial score (nSPS) is 21.8. The SMILES string of the molecule is NN(C(=O)CC(F)(F)F)C(=O)C1CCC2CN1C(=O)N2OCc1ccccc1. The number of carbonyl (C=O) groups is 3. The van der Waals surface area contributed by atoms with Gasteiger partial charge >= 0.3 is 12.2 Å². The lowest BCUT2D eigenvalue weighted by Crippen LogP contribution is -2.55. The number of rotatable bonds is 5. The minimum atomic E-state index is -4.78. The zero-order chi connectivity index (χ0) is 20.5. The smallest absolute Gasteiger partial charge is 0.309 e. The molecule has 2 unspecified atom stereocenters. The Bertz CT molecular complexity index is 759. The summed E-state index contributed by atoms with van der Waals surface area (Å²) in [6, 6.07) is 7.21. The van der Waals surface area contributed by atoms with Gasteiger partial charge in [0.15, 0.2) is 0 Å². The Morgan fingerprint density at radius 2 is 1.89 bits per heavy atom. The van der Waals surface area contributed by atoms with Crippen LogP contribution in [0.25, 0.3) is 0 Å². The lowest BCUT2D eigenvalue weighted by Gasteiger charge is -2.31. The van der Waals surface area contributed by atoms with Gasteiger partial charge in [0.1, 0.15) is 19.1 Å². The second-order valence-electron chi connectivity index (χ2n) is 6.66. The molecule has 3 rings (SSSR count). The van der Waals surface area contributed by atoms with Crippen LogP contribution in [0.5, 0.6) is 0 Å². The molecule has 2 heterocycles. The highest BCUT2D eigenvalue weighted by Gasteiger charge is 2.49. The molecule has 11 heteroatoms. The molecule has 2 aliphatic rings. The summed E-state index contributed by atoms with van der Waals surface area (Å²) in [7, 11) is 0. The fraction of sp³-hybridized carbons (Fsp3) is 0.471. The van der Waals surface area contributed by atoms with Crippen LogP contribution in [0.1, 0.15) is 24.8 Å². The topological polar surface area (TPSA) is 96.2 Å². The Morgan fingerprint density at radius 3 is 2.54 bits per heavy atom. The highest BCUT2D eigenvalue weighted by Crippen LogP contribution is 2.31. The average molecular weight is 400 g/mol. The van der Waals surface area contributed by atoms with E-state index in [9.17, 15) is 27.6 Å². The first kappa shape index (κ1) is 20.1. The van der Waals surface area contributed by atoms with E-state index >= 15 is 0 Å². The zero-order valence-electron chi connectivity index (χ0n) is 14.8. The van der Waals surface area contributed by atoms with E-state index in [1.807, 2.05) is 30.3 Å². The third kappa shape index (κ3) is 4.25. The molecule has 28 heavy (non-hydrogen) atoms. The van der Waals surface area contributed by atoms with Gasteiger partial charge in [0, 0.05) is 6.54 Å². The maximum Gasteiger partial charge on any atom is 0.397 e. The molecule has 0 aliphatic carbocycles. The highest BCUT2D eigenvalue weighted by atomic mass is 19.4. The third-order valence-electron chi connectivity index (χ3n) is 4.68. The summed E-state index contributed by atoms with van der Waals surface area (Å²) < 4.78 is 37.1. The van der Waals surface area contributed by atoms with Gasteiger partial charge in [0.2, 0.25) is 0 Å². The van der Waals surface area contributed by atoms with Crippen molar-refractivity contribution in [3.8, 4) is 0 Å². The largest absolute Gasteiger partial charge is 0.397 e. The second-order valence-corrected chi connectivity index (χ2v) is 6.66. The Labute approximate surface area is 158 Å². The van der Waals surface area contributed by atoms with Crippen molar-refractivity contribution < 1.29 is 32.4 Å². The number of alkyl halides is 3. The number of piperidine rings is 1. The summed E-state index contributed by atoms with van der Waals surface area (Å²) in [5.41, 5.74) is 0.852. The number of hydrogen-bond donors (Lipinski definition) is 1. The zero-order valence-corrected chi connectivity index (χ0v) is 14.8.